The van der Waals surface area contributed by atoms with Gasteiger partial charge in [0.15, 0.2) is 0 Å². The van der Waals surface area contributed by atoms with E-state index in [9.17, 15) is 18.0 Å². The maximum absolute atomic E-state index is 13.4. The molecule has 4 saturated carbocycles. The zero-order chi connectivity index (χ0) is 21.5. The third-order valence-corrected chi connectivity index (χ3v) is 7.46. The van der Waals surface area contributed by atoms with Crippen LogP contribution in [0.4, 0.5) is 4.79 Å². The minimum atomic E-state index is -2.51. The number of rotatable bonds is 5. The lowest BCUT2D eigenvalue weighted by Crippen LogP contribution is -2.68. The highest BCUT2D eigenvalue weighted by Crippen LogP contribution is 2.61. The Bertz CT molecular complexity index is 966. The second-order valence-electron chi connectivity index (χ2n) is 9.03. The Labute approximate surface area is 177 Å². The Morgan fingerprint density at radius 3 is 2.33 bits per heavy atom. The predicted molar refractivity (Wildman–Crippen MR) is 109 cm³/mol. The van der Waals surface area contributed by atoms with E-state index in [-0.39, 0.29) is 24.2 Å². The average Bonchev–Trinajstić information content (AvgIpc) is 2.66. The number of hydrogen-bond acceptors (Lipinski definition) is 6. The molecule has 0 aromatic heterocycles. The van der Waals surface area contributed by atoms with E-state index in [0.717, 1.165) is 12.0 Å². The molecule has 2 unspecified atom stereocenters. The number of methoxy groups -OCH3 is 1. The molecule has 0 radical (unpaired) electrons. The van der Waals surface area contributed by atoms with E-state index in [1.165, 1.54) is 11.9 Å². The van der Waals surface area contributed by atoms with Crippen molar-refractivity contribution in [2.24, 2.45) is 16.2 Å². The van der Waals surface area contributed by atoms with Gasteiger partial charge in [-0.25, -0.2) is 4.79 Å². The highest BCUT2D eigenvalue weighted by atomic mass is 32.2. The van der Waals surface area contributed by atoms with Crippen molar-refractivity contribution in [3.63, 3.8) is 0 Å². The number of hydrogen-bond donors (Lipinski definition) is 1. The van der Waals surface area contributed by atoms with Crippen LogP contribution in [0.25, 0.3) is 0 Å². The molecule has 0 heterocycles. The summed E-state index contributed by atoms with van der Waals surface area (Å²) >= 11 is 0. The molecule has 4 bridgehead atoms. The van der Waals surface area contributed by atoms with Crippen molar-refractivity contribution in [3.05, 3.63) is 29.8 Å². The van der Waals surface area contributed by atoms with Gasteiger partial charge in [-0.1, -0.05) is 12.1 Å². The molecular weight excluding hydrogens is 406 g/mol. The van der Waals surface area contributed by atoms with Gasteiger partial charge in [0.25, 0.3) is 0 Å². The predicted octanol–water partition coefficient (Wildman–Crippen LogP) is 2.56. The van der Waals surface area contributed by atoms with Crippen LogP contribution in [0.2, 0.25) is 0 Å². The van der Waals surface area contributed by atoms with Gasteiger partial charge in [-0.2, -0.15) is 12.8 Å². The van der Waals surface area contributed by atoms with Gasteiger partial charge in [-0.15, -0.1) is 0 Å². The Hall–Kier alpha value is -2.42. The van der Waals surface area contributed by atoms with Crippen molar-refractivity contribution in [2.45, 2.75) is 56.0 Å². The lowest BCUT2D eigenvalue weighted by Gasteiger charge is -2.62. The number of urea groups is 1. The van der Waals surface area contributed by atoms with Crippen LogP contribution in [0, 0.1) is 11.8 Å². The first-order valence-corrected chi connectivity index (χ1v) is 11.3. The number of ether oxygens (including phenoxy) is 1. The number of amides is 3. The molecule has 8 nitrogen and oxygen atoms in total. The second kappa shape index (κ2) is 7.68. The summed E-state index contributed by atoms with van der Waals surface area (Å²) in [6.07, 6.45) is 4.39. The van der Waals surface area contributed by atoms with Gasteiger partial charge in [-0.05, 0) is 68.1 Å². The molecule has 4 aliphatic carbocycles. The molecule has 4 fully saturated rings. The molecule has 5 rings (SSSR count). The standard InChI is InChI=1S/C21H27N3O5S/c1-22-19(26)24(18(25)8-14-3-5-17(29-2)6-4-14)21-11-15-7-16(12-21)10-20(9-15,13-21)23-30(27)28/h3-6,15-16H,7-13H2,1-2H3,(H,22,26). The fourth-order valence-corrected chi connectivity index (χ4v) is 6.92. The Kier molecular flexibility index (Phi) is 5.34. The van der Waals surface area contributed by atoms with Crippen LogP contribution in [-0.4, -0.2) is 50.5 Å². The van der Waals surface area contributed by atoms with Crippen LogP contribution in [0.15, 0.2) is 28.6 Å². The van der Waals surface area contributed by atoms with Crippen LogP contribution < -0.4 is 10.1 Å². The minimum Gasteiger partial charge on any atom is -0.497 e. The van der Waals surface area contributed by atoms with E-state index >= 15 is 0 Å². The third-order valence-electron chi connectivity index (χ3n) is 6.92. The Balaban J connectivity index is 1.67. The third kappa shape index (κ3) is 3.71. The molecule has 1 aromatic carbocycles. The fraction of sp³-hybridized carbons (Fsp3) is 0.619. The monoisotopic (exact) mass is 433 g/mol. The van der Waals surface area contributed by atoms with Crippen molar-refractivity contribution < 1.29 is 22.7 Å². The van der Waals surface area contributed by atoms with Gasteiger partial charge in [0.1, 0.15) is 5.75 Å². The van der Waals surface area contributed by atoms with Crippen LogP contribution in [-0.2, 0) is 21.7 Å². The summed E-state index contributed by atoms with van der Waals surface area (Å²) in [5.41, 5.74) is -0.584. The van der Waals surface area contributed by atoms with Crippen molar-refractivity contribution in [1.82, 2.24) is 10.2 Å². The van der Waals surface area contributed by atoms with Crippen LogP contribution in [0.1, 0.15) is 44.1 Å². The maximum Gasteiger partial charge on any atom is 0.324 e. The Morgan fingerprint density at radius 2 is 1.80 bits per heavy atom. The molecule has 1 aromatic rings. The van der Waals surface area contributed by atoms with Crippen molar-refractivity contribution in [3.8, 4) is 5.75 Å². The largest absolute Gasteiger partial charge is 0.497 e. The van der Waals surface area contributed by atoms with Gasteiger partial charge in [-0.3, -0.25) is 9.69 Å². The molecule has 1 N–H and O–H groups in total. The van der Waals surface area contributed by atoms with Gasteiger partial charge < -0.3 is 10.1 Å². The zero-order valence-corrected chi connectivity index (χ0v) is 18.1. The molecule has 2 atom stereocenters. The lowest BCUT2D eigenvalue weighted by molar-refractivity contribution is -0.143. The molecule has 9 heteroatoms. The molecule has 4 aliphatic rings. The zero-order valence-electron chi connectivity index (χ0n) is 17.3. The summed E-state index contributed by atoms with van der Waals surface area (Å²) in [6.45, 7) is 0. The fourth-order valence-electron chi connectivity index (χ4n) is 6.39. The summed E-state index contributed by atoms with van der Waals surface area (Å²) in [5.74, 6) is 0.975. The van der Waals surface area contributed by atoms with E-state index in [2.05, 4.69) is 9.68 Å². The maximum atomic E-state index is 13.4. The smallest absolute Gasteiger partial charge is 0.324 e. The molecule has 0 spiro atoms. The second-order valence-corrected chi connectivity index (χ2v) is 9.64. The highest BCUT2D eigenvalue weighted by molar-refractivity contribution is 7.61. The van der Waals surface area contributed by atoms with Crippen LogP contribution >= 0.6 is 0 Å². The topological polar surface area (TPSA) is 105 Å². The summed E-state index contributed by atoms with van der Waals surface area (Å²) < 4.78 is 32.1. The first kappa shape index (κ1) is 20.8. The van der Waals surface area contributed by atoms with E-state index in [4.69, 9.17) is 4.74 Å². The molecular formula is C21H27N3O5S. The SMILES string of the molecule is CNC(=O)N(C(=O)Cc1ccc(OC)cc1)C12CC3CC(CC(N=S(=O)=O)(C3)C1)C2. The normalized spacial score (nSPS) is 31.1. The van der Waals surface area contributed by atoms with E-state index in [0.29, 0.717) is 37.9 Å². The summed E-state index contributed by atoms with van der Waals surface area (Å²) in [6, 6.07) is 6.77. The quantitative estimate of drug-likeness (QED) is 0.768. The molecule has 3 amide bonds. The molecule has 0 saturated heterocycles. The minimum absolute atomic E-state index is 0.0894. The first-order chi connectivity index (χ1) is 14.3. The number of nitrogens with one attached hydrogen (secondary N) is 1. The van der Waals surface area contributed by atoms with E-state index in [1.807, 2.05) is 12.1 Å². The average molecular weight is 434 g/mol. The van der Waals surface area contributed by atoms with Gasteiger partial charge in [0, 0.05) is 7.05 Å². The first-order valence-electron chi connectivity index (χ1n) is 10.3. The molecule has 0 aliphatic heterocycles. The van der Waals surface area contributed by atoms with Gasteiger partial charge in [0.05, 0.1) is 24.6 Å². The van der Waals surface area contributed by atoms with Crippen molar-refractivity contribution in [1.29, 1.82) is 0 Å². The van der Waals surface area contributed by atoms with Gasteiger partial charge >= 0.3 is 16.5 Å². The highest BCUT2D eigenvalue weighted by Gasteiger charge is 2.62. The number of benzene rings is 1. The van der Waals surface area contributed by atoms with E-state index in [1.54, 1.807) is 19.2 Å². The summed E-state index contributed by atoms with van der Waals surface area (Å²) in [4.78, 5) is 27.7. The van der Waals surface area contributed by atoms with Crippen molar-refractivity contribution in [2.75, 3.05) is 14.2 Å². The van der Waals surface area contributed by atoms with E-state index < -0.39 is 27.6 Å². The van der Waals surface area contributed by atoms with Gasteiger partial charge in [0.2, 0.25) is 5.91 Å². The Morgan fingerprint density at radius 1 is 1.17 bits per heavy atom. The molecule has 30 heavy (non-hydrogen) atoms. The summed E-state index contributed by atoms with van der Waals surface area (Å²) in [7, 11) is 0.589. The van der Waals surface area contributed by atoms with Crippen LogP contribution in [0.5, 0.6) is 5.75 Å². The number of carbonyl (C=O) groups is 2. The lowest BCUT2D eigenvalue weighted by atomic mass is 9.49. The number of imide groups is 1. The summed E-state index contributed by atoms with van der Waals surface area (Å²) in [5, 5.41) is 2.62. The van der Waals surface area contributed by atoms with Crippen molar-refractivity contribution >= 4 is 22.4 Å². The molecule has 162 valence electrons. The van der Waals surface area contributed by atoms with Crippen LogP contribution in [0.3, 0.4) is 0 Å². The number of nitrogens with zero attached hydrogens (tertiary/aromatic N) is 2. The number of carbonyl (C=O) groups excluding carboxylic acids is 2.